The van der Waals surface area contributed by atoms with Crippen LogP contribution in [0.25, 0.3) is 0 Å². The first-order valence-corrected chi connectivity index (χ1v) is 7.75. The molecule has 0 saturated carbocycles. The van der Waals surface area contributed by atoms with Gasteiger partial charge in [-0.3, -0.25) is 0 Å². The highest BCUT2D eigenvalue weighted by Crippen LogP contribution is 2.39. The van der Waals surface area contributed by atoms with Crippen LogP contribution in [-0.2, 0) is 0 Å². The van der Waals surface area contributed by atoms with Gasteiger partial charge >= 0.3 is 0 Å². The van der Waals surface area contributed by atoms with Gasteiger partial charge in [-0.05, 0) is 66.8 Å². The lowest BCUT2D eigenvalue weighted by Gasteiger charge is -2.34. The van der Waals surface area contributed by atoms with E-state index in [1.807, 2.05) is 31.2 Å². The molecule has 0 aliphatic carbocycles. The van der Waals surface area contributed by atoms with Crippen LogP contribution in [-0.4, -0.2) is 13.1 Å². The van der Waals surface area contributed by atoms with Crippen LogP contribution in [0.3, 0.4) is 0 Å². The summed E-state index contributed by atoms with van der Waals surface area (Å²) in [7, 11) is 0. The molecule has 0 bridgehead atoms. The Labute approximate surface area is 130 Å². The summed E-state index contributed by atoms with van der Waals surface area (Å²) in [5, 5.41) is 4.24. The third-order valence-electron chi connectivity index (χ3n) is 4.39. The number of rotatable bonds is 2. The van der Waals surface area contributed by atoms with Crippen molar-refractivity contribution in [3.05, 3.63) is 70.0 Å². The fraction of sp³-hybridized carbons (Fsp3) is 0.333. The number of piperidine rings is 1. The van der Waals surface area contributed by atoms with Crippen LogP contribution in [0.15, 0.2) is 42.5 Å². The summed E-state index contributed by atoms with van der Waals surface area (Å²) < 4.78 is 13.4. The van der Waals surface area contributed by atoms with Crippen LogP contribution in [0.4, 0.5) is 4.39 Å². The lowest BCUT2D eigenvalue weighted by atomic mass is 9.76. The van der Waals surface area contributed by atoms with E-state index >= 15 is 0 Å². The smallest absolute Gasteiger partial charge is 0.123 e. The topological polar surface area (TPSA) is 12.0 Å². The zero-order chi connectivity index (χ0) is 14.8. The number of hydrogen-bond acceptors (Lipinski definition) is 1. The van der Waals surface area contributed by atoms with Crippen LogP contribution in [0.2, 0.25) is 5.02 Å². The standard InChI is InChI=1S/C18H19ClFN/c1-12-9-15(20)5-6-16(12)17-7-8-21-11-18(17)13-3-2-4-14(19)10-13/h2-6,9-10,17-18,21H,7-8,11H2,1H3. The second-order valence-electron chi connectivity index (χ2n) is 5.76. The van der Waals surface area contributed by atoms with Crippen molar-refractivity contribution in [2.45, 2.75) is 25.2 Å². The summed E-state index contributed by atoms with van der Waals surface area (Å²) in [6.45, 7) is 3.93. The fourth-order valence-corrected chi connectivity index (χ4v) is 3.57. The number of halogens is 2. The average Bonchev–Trinajstić information content (AvgIpc) is 2.47. The molecular weight excluding hydrogens is 285 g/mol. The fourth-order valence-electron chi connectivity index (χ4n) is 3.37. The molecule has 0 amide bonds. The van der Waals surface area contributed by atoms with Gasteiger partial charge in [0.05, 0.1) is 0 Å². The third kappa shape index (κ3) is 3.12. The number of aryl methyl sites for hydroxylation is 1. The van der Waals surface area contributed by atoms with E-state index in [0.717, 1.165) is 30.1 Å². The van der Waals surface area contributed by atoms with Gasteiger partial charge in [-0.1, -0.05) is 29.8 Å². The first-order chi connectivity index (χ1) is 10.1. The molecule has 1 nitrogen and oxygen atoms in total. The largest absolute Gasteiger partial charge is 0.316 e. The van der Waals surface area contributed by atoms with E-state index in [2.05, 4.69) is 11.4 Å². The highest BCUT2D eigenvalue weighted by atomic mass is 35.5. The van der Waals surface area contributed by atoms with Gasteiger partial charge < -0.3 is 5.32 Å². The average molecular weight is 304 g/mol. The molecule has 1 aliphatic rings. The molecule has 21 heavy (non-hydrogen) atoms. The lowest BCUT2D eigenvalue weighted by molar-refractivity contribution is 0.402. The quantitative estimate of drug-likeness (QED) is 0.851. The van der Waals surface area contributed by atoms with Crippen molar-refractivity contribution in [2.24, 2.45) is 0 Å². The summed E-state index contributed by atoms with van der Waals surface area (Å²) in [6, 6.07) is 13.2. The Balaban J connectivity index is 1.98. The molecule has 3 rings (SSSR count). The van der Waals surface area contributed by atoms with E-state index in [9.17, 15) is 4.39 Å². The summed E-state index contributed by atoms with van der Waals surface area (Å²) in [5.41, 5.74) is 3.54. The molecule has 2 atom stereocenters. The lowest BCUT2D eigenvalue weighted by Crippen LogP contribution is -2.34. The van der Waals surface area contributed by atoms with Crippen molar-refractivity contribution >= 4 is 11.6 Å². The number of benzene rings is 2. The Morgan fingerprint density at radius 1 is 1.14 bits per heavy atom. The summed E-state index contributed by atoms with van der Waals surface area (Å²) in [5.74, 6) is 0.622. The van der Waals surface area contributed by atoms with Crippen LogP contribution < -0.4 is 5.32 Å². The molecule has 1 N–H and O–H groups in total. The maximum absolute atomic E-state index is 13.4. The SMILES string of the molecule is Cc1cc(F)ccc1C1CCNCC1c1cccc(Cl)c1. The zero-order valence-electron chi connectivity index (χ0n) is 12.1. The molecule has 2 aromatic carbocycles. The predicted molar refractivity (Wildman–Crippen MR) is 85.6 cm³/mol. The summed E-state index contributed by atoms with van der Waals surface area (Å²) in [4.78, 5) is 0. The van der Waals surface area contributed by atoms with Crippen LogP contribution in [0, 0.1) is 12.7 Å². The molecule has 2 unspecified atom stereocenters. The first kappa shape index (κ1) is 14.6. The predicted octanol–water partition coefficient (Wildman–Crippen LogP) is 4.65. The zero-order valence-corrected chi connectivity index (χ0v) is 12.8. The minimum atomic E-state index is -0.163. The third-order valence-corrected chi connectivity index (χ3v) is 4.63. The molecule has 3 heteroatoms. The molecule has 1 heterocycles. The number of hydrogen-bond donors (Lipinski definition) is 1. The summed E-state index contributed by atoms with van der Waals surface area (Å²) in [6.07, 6.45) is 1.06. The summed E-state index contributed by atoms with van der Waals surface area (Å²) >= 11 is 6.14. The molecule has 2 aromatic rings. The molecule has 0 spiro atoms. The van der Waals surface area contributed by atoms with Crippen LogP contribution >= 0.6 is 11.6 Å². The molecule has 0 radical (unpaired) electrons. The van der Waals surface area contributed by atoms with Gasteiger partial charge in [0.25, 0.3) is 0 Å². The van der Waals surface area contributed by atoms with E-state index in [1.165, 1.54) is 11.1 Å². The molecule has 0 aromatic heterocycles. The van der Waals surface area contributed by atoms with Gasteiger partial charge in [-0.2, -0.15) is 0 Å². The van der Waals surface area contributed by atoms with Crippen molar-refractivity contribution in [2.75, 3.05) is 13.1 Å². The molecular formula is C18H19ClFN. The van der Waals surface area contributed by atoms with Gasteiger partial charge in [0, 0.05) is 17.5 Å². The number of nitrogens with one attached hydrogen (secondary N) is 1. The van der Waals surface area contributed by atoms with E-state index in [1.54, 1.807) is 12.1 Å². The normalized spacial score (nSPS) is 22.2. The van der Waals surface area contributed by atoms with Crippen LogP contribution in [0.5, 0.6) is 0 Å². The van der Waals surface area contributed by atoms with E-state index in [0.29, 0.717) is 11.8 Å². The van der Waals surface area contributed by atoms with E-state index < -0.39 is 0 Å². The van der Waals surface area contributed by atoms with Gasteiger partial charge in [0.15, 0.2) is 0 Å². The minimum absolute atomic E-state index is 0.163. The van der Waals surface area contributed by atoms with Crippen molar-refractivity contribution in [1.29, 1.82) is 0 Å². The highest BCUT2D eigenvalue weighted by molar-refractivity contribution is 6.30. The van der Waals surface area contributed by atoms with Crippen LogP contribution in [0.1, 0.15) is 34.9 Å². The van der Waals surface area contributed by atoms with Gasteiger partial charge in [-0.15, -0.1) is 0 Å². The Hall–Kier alpha value is -1.38. The Kier molecular flexibility index (Phi) is 4.27. The van der Waals surface area contributed by atoms with Gasteiger partial charge in [0.2, 0.25) is 0 Å². The Morgan fingerprint density at radius 2 is 2.00 bits per heavy atom. The maximum atomic E-state index is 13.4. The van der Waals surface area contributed by atoms with Gasteiger partial charge in [-0.25, -0.2) is 4.39 Å². The van der Waals surface area contributed by atoms with Crippen molar-refractivity contribution in [1.82, 2.24) is 5.32 Å². The Morgan fingerprint density at radius 3 is 2.76 bits per heavy atom. The monoisotopic (exact) mass is 303 g/mol. The maximum Gasteiger partial charge on any atom is 0.123 e. The first-order valence-electron chi connectivity index (χ1n) is 7.37. The van der Waals surface area contributed by atoms with Gasteiger partial charge in [0.1, 0.15) is 5.82 Å². The molecule has 1 aliphatic heterocycles. The van der Waals surface area contributed by atoms with E-state index in [-0.39, 0.29) is 5.82 Å². The second kappa shape index (κ2) is 6.17. The Bertz CT molecular complexity index is 641. The second-order valence-corrected chi connectivity index (χ2v) is 6.20. The molecule has 110 valence electrons. The van der Waals surface area contributed by atoms with Crippen molar-refractivity contribution in [3.63, 3.8) is 0 Å². The molecule has 1 fully saturated rings. The van der Waals surface area contributed by atoms with E-state index in [4.69, 9.17) is 11.6 Å². The molecule has 1 saturated heterocycles. The minimum Gasteiger partial charge on any atom is -0.316 e. The van der Waals surface area contributed by atoms with Crippen molar-refractivity contribution in [3.8, 4) is 0 Å². The highest BCUT2D eigenvalue weighted by Gasteiger charge is 2.28. The van der Waals surface area contributed by atoms with Crippen molar-refractivity contribution < 1.29 is 4.39 Å².